The first-order valence-corrected chi connectivity index (χ1v) is 11.3. The molecule has 0 spiro atoms. The van der Waals surface area contributed by atoms with Crippen LogP contribution in [-0.4, -0.2) is 81.0 Å². The van der Waals surface area contributed by atoms with Crippen molar-refractivity contribution in [3.8, 4) is 11.1 Å². The van der Waals surface area contributed by atoms with Gasteiger partial charge >= 0.3 is 6.03 Å². The van der Waals surface area contributed by atoms with E-state index in [0.29, 0.717) is 52.5 Å². The Kier molecular flexibility index (Phi) is 5.84. The van der Waals surface area contributed by atoms with Crippen LogP contribution < -0.4 is 0 Å². The van der Waals surface area contributed by atoms with Gasteiger partial charge in [0.15, 0.2) is 0 Å². The molecule has 2 aliphatic heterocycles. The van der Waals surface area contributed by atoms with Crippen molar-refractivity contribution in [2.45, 2.75) is 4.90 Å². The summed E-state index contributed by atoms with van der Waals surface area (Å²) < 4.78 is 32.8. The summed E-state index contributed by atoms with van der Waals surface area (Å²) in [6, 6.07) is 16.8. The molecule has 8 heteroatoms. The van der Waals surface area contributed by atoms with E-state index in [1.165, 1.54) is 4.31 Å². The summed E-state index contributed by atoms with van der Waals surface area (Å²) in [7, 11) is -3.57. The van der Waals surface area contributed by atoms with Gasteiger partial charge < -0.3 is 14.5 Å². The number of carbonyl (C=O) groups is 1. The molecule has 2 saturated heterocycles. The van der Waals surface area contributed by atoms with Crippen LogP contribution in [0.5, 0.6) is 0 Å². The molecule has 2 fully saturated rings. The van der Waals surface area contributed by atoms with E-state index in [4.69, 9.17) is 4.74 Å². The molecule has 7 nitrogen and oxygen atoms in total. The molecule has 0 saturated carbocycles. The van der Waals surface area contributed by atoms with E-state index in [2.05, 4.69) is 0 Å². The molecular formula is C21H25N3O4S. The molecule has 0 N–H and O–H groups in total. The van der Waals surface area contributed by atoms with E-state index in [0.717, 1.165) is 11.1 Å². The number of morpholine rings is 1. The Morgan fingerprint density at radius 3 is 1.90 bits per heavy atom. The van der Waals surface area contributed by atoms with Crippen LogP contribution in [0.3, 0.4) is 0 Å². The van der Waals surface area contributed by atoms with Crippen molar-refractivity contribution >= 4 is 16.1 Å². The number of carbonyl (C=O) groups excluding carboxylic acids is 1. The fourth-order valence-corrected chi connectivity index (χ4v) is 5.10. The highest BCUT2D eigenvalue weighted by Crippen LogP contribution is 2.23. The fourth-order valence-electron chi connectivity index (χ4n) is 3.67. The van der Waals surface area contributed by atoms with Gasteiger partial charge in [-0.3, -0.25) is 0 Å². The number of ether oxygens (including phenoxy) is 1. The predicted molar refractivity (Wildman–Crippen MR) is 110 cm³/mol. The lowest BCUT2D eigenvalue weighted by Crippen LogP contribution is -2.55. The van der Waals surface area contributed by atoms with Gasteiger partial charge in [-0.15, -0.1) is 0 Å². The van der Waals surface area contributed by atoms with Crippen LogP contribution in [0.15, 0.2) is 59.5 Å². The van der Waals surface area contributed by atoms with Gasteiger partial charge in [0.1, 0.15) is 0 Å². The molecule has 0 unspecified atom stereocenters. The Balaban J connectivity index is 1.40. The van der Waals surface area contributed by atoms with Crippen molar-refractivity contribution in [1.82, 2.24) is 14.1 Å². The number of urea groups is 1. The van der Waals surface area contributed by atoms with Gasteiger partial charge in [0.05, 0.1) is 18.1 Å². The normalized spacial score (nSPS) is 18.6. The standard InChI is InChI=1S/C21H25N3O4S/c25-21(23-14-16-28-17-15-23)22-10-12-24(13-11-22)29(26,27)20-8-6-19(7-9-20)18-4-2-1-3-5-18/h1-9H,10-17H2. The van der Waals surface area contributed by atoms with Gasteiger partial charge in [-0.25, -0.2) is 13.2 Å². The fraction of sp³-hybridized carbons (Fsp3) is 0.381. The second-order valence-corrected chi connectivity index (χ2v) is 9.10. The van der Waals surface area contributed by atoms with Crippen molar-refractivity contribution in [3.05, 3.63) is 54.6 Å². The van der Waals surface area contributed by atoms with Gasteiger partial charge in [0.2, 0.25) is 10.0 Å². The first kappa shape index (κ1) is 19.9. The molecule has 2 heterocycles. The average molecular weight is 416 g/mol. The van der Waals surface area contributed by atoms with E-state index < -0.39 is 10.0 Å². The summed E-state index contributed by atoms with van der Waals surface area (Å²) in [6.45, 7) is 3.70. The summed E-state index contributed by atoms with van der Waals surface area (Å²) in [5.74, 6) is 0. The average Bonchev–Trinajstić information content (AvgIpc) is 2.80. The lowest BCUT2D eigenvalue weighted by molar-refractivity contribution is 0.0405. The lowest BCUT2D eigenvalue weighted by atomic mass is 10.1. The van der Waals surface area contributed by atoms with E-state index >= 15 is 0 Å². The zero-order valence-corrected chi connectivity index (χ0v) is 17.1. The number of sulfonamides is 1. The maximum Gasteiger partial charge on any atom is 0.320 e. The summed E-state index contributed by atoms with van der Waals surface area (Å²) in [5, 5.41) is 0. The number of hydrogen-bond acceptors (Lipinski definition) is 4. The summed E-state index contributed by atoms with van der Waals surface area (Å²) in [5.41, 5.74) is 2.03. The third kappa shape index (κ3) is 4.29. The highest BCUT2D eigenvalue weighted by Gasteiger charge is 2.32. The third-order valence-electron chi connectivity index (χ3n) is 5.39. The minimum Gasteiger partial charge on any atom is -0.378 e. The zero-order chi connectivity index (χ0) is 20.3. The lowest BCUT2D eigenvalue weighted by Gasteiger charge is -2.38. The van der Waals surface area contributed by atoms with Crippen molar-refractivity contribution in [2.75, 3.05) is 52.5 Å². The predicted octanol–water partition coefficient (Wildman–Crippen LogP) is 2.11. The summed E-state index contributed by atoms with van der Waals surface area (Å²) in [4.78, 5) is 16.4. The molecule has 0 bridgehead atoms. The number of hydrogen-bond donors (Lipinski definition) is 0. The molecule has 2 amide bonds. The van der Waals surface area contributed by atoms with Crippen LogP contribution in [0.25, 0.3) is 11.1 Å². The molecule has 4 rings (SSSR count). The van der Waals surface area contributed by atoms with Crippen molar-refractivity contribution < 1.29 is 17.9 Å². The Bertz CT molecular complexity index is 934. The molecular weight excluding hydrogens is 390 g/mol. The van der Waals surface area contributed by atoms with E-state index in [-0.39, 0.29) is 10.9 Å². The quantitative estimate of drug-likeness (QED) is 0.770. The van der Waals surface area contributed by atoms with E-state index in [1.807, 2.05) is 42.5 Å². The van der Waals surface area contributed by atoms with E-state index in [1.54, 1.807) is 21.9 Å². The number of amides is 2. The number of piperazine rings is 1. The molecule has 0 aliphatic carbocycles. The monoisotopic (exact) mass is 415 g/mol. The molecule has 0 atom stereocenters. The molecule has 2 aliphatic rings. The minimum atomic E-state index is -3.57. The van der Waals surface area contributed by atoms with Gasteiger partial charge in [-0.1, -0.05) is 42.5 Å². The number of nitrogens with zero attached hydrogens (tertiary/aromatic N) is 3. The minimum absolute atomic E-state index is 0.0300. The van der Waals surface area contributed by atoms with Crippen LogP contribution in [0.1, 0.15) is 0 Å². The second kappa shape index (κ2) is 8.52. The largest absolute Gasteiger partial charge is 0.378 e. The summed E-state index contributed by atoms with van der Waals surface area (Å²) in [6.07, 6.45) is 0. The van der Waals surface area contributed by atoms with E-state index in [9.17, 15) is 13.2 Å². The summed E-state index contributed by atoms with van der Waals surface area (Å²) >= 11 is 0. The van der Waals surface area contributed by atoms with Gasteiger partial charge in [0.25, 0.3) is 0 Å². The molecule has 2 aromatic carbocycles. The Morgan fingerprint density at radius 1 is 0.724 bits per heavy atom. The Labute approximate surface area is 171 Å². The Hall–Kier alpha value is -2.42. The van der Waals surface area contributed by atoms with Gasteiger partial charge in [0, 0.05) is 39.3 Å². The van der Waals surface area contributed by atoms with Gasteiger partial charge in [-0.2, -0.15) is 4.31 Å². The van der Waals surface area contributed by atoms with Crippen LogP contribution in [0, 0.1) is 0 Å². The highest BCUT2D eigenvalue weighted by atomic mass is 32.2. The maximum atomic E-state index is 13.0. The van der Waals surface area contributed by atoms with Crippen molar-refractivity contribution in [2.24, 2.45) is 0 Å². The Morgan fingerprint density at radius 2 is 1.28 bits per heavy atom. The van der Waals surface area contributed by atoms with Gasteiger partial charge in [-0.05, 0) is 23.3 Å². The first-order valence-electron chi connectivity index (χ1n) is 9.83. The molecule has 0 aromatic heterocycles. The number of rotatable bonds is 3. The van der Waals surface area contributed by atoms with Crippen LogP contribution in [0.2, 0.25) is 0 Å². The maximum absolute atomic E-state index is 13.0. The van der Waals surface area contributed by atoms with Crippen molar-refractivity contribution in [1.29, 1.82) is 0 Å². The second-order valence-electron chi connectivity index (χ2n) is 7.16. The number of benzene rings is 2. The van der Waals surface area contributed by atoms with Crippen LogP contribution in [-0.2, 0) is 14.8 Å². The van der Waals surface area contributed by atoms with Crippen molar-refractivity contribution in [3.63, 3.8) is 0 Å². The third-order valence-corrected chi connectivity index (χ3v) is 7.30. The SMILES string of the molecule is O=C(N1CCOCC1)N1CCN(S(=O)(=O)c2ccc(-c3ccccc3)cc2)CC1. The topological polar surface area (TPSA) is 70.2 Å². The van der Waals surface area contributed by atoms with Crippen LogP contribution in [0.4, 0.5) is 4.79 Å². The molecule has 154 valence electrons. The molecule has 2 aromatic rings. The van der Waals surface area contributed by atoms with Crippen LogP contribution >= 0.6 is 0 Å². The smallest absolute Gasteiger partial charge is 0.320 e. The zero-order valence-electron chi connectivity index (χ0n) is 16.2. The molecule has 29 heavy (non-hydrogen) atoms. The highest BCUT2D eigenvalue weighted by molar-refractivity contribution is 7.89. The first-order chi connectivity index (χ1) is 14.1. The molecule has 0 radical (unpaired) electrons.